The van der Waals surface area contributed by atoms with Gasteiger partial charge in [-0.2, -0.15) is 0 Å². The Balaban J connectivity index is 1.65. The molecule has 0 saturated carbocycles. The summed E-state index contributed by atoms with van der Waals surface area (Å²) in [5.41, 5.74) is 5.87. The van der Waals surface area contributed by atoms with E-state index in [0.29, 0.717) is 6.61 Å². The summed E-state index contributed by atoms with van der Waals surface area (Å²) < 4.78 is 0. The predicted octanol–water partition coefficient (Wildman–Crippen LogP) is 5.47. The van der Waals surface area contributed by atoms with Crippen LogP contribution in [0.25, 0.3) is 11.1 Å². The molecule has 0 heterocycles. The van der Waals surface area contributed by atoms with Crippen LogP contribution in [0, 0.1) is 0 Å². The third-order valence-corrected chi connectivity index (χ3v) is 3.99. The van der Waals surface area contributed by atoms with E-state index in [1.54, 1.807) is 6.21 Å². The molecule has 0 aliphatic carbocycles. The maximum absolute atomic E-state index is 5.51. The molecular weight excluding hydrogens is 294 g/mol. The van der Waals surface area contributed by atoms with Gasteiger partial charge in [-0.25, -0.2) is 0 Å². The molecule has 24 heavy (non-hydrogen) atoms. The van der Waals surface area contributed by atoms with Gasteiger partial charge in [-0.05, 0) is 34.2 Å². The van der Waals surface area contributed by atoms with Gasteiger partial charge in [0, 0.05) is 0 Å². The number of oxime groups is 1. The number of hydrogen-bond donors (Lipinski definition) is 0. The number of hydrogen-bond acceptors (Lipinski definition) is 2. The normalized spacial score (nSPS) is 10.9. The first-order valence-electron chi connectivity index (χ1n) is 8.24. The summed E-state index contributed by atoms with van der Waals surface area (Å²) in [6.45, 7) is 2.60. The topological polar surface area (TPSA) is 21.6 Å². The van der Waals surface area contributed by atoms with E-state index in [2.05, 4.69) is 60.6 Å². The molecule has 0 N–H and O–H groups in total. The van der Waals surface area contributed by atoms with Crippen LogP contribution in [0.15, 0.2) is 84.0 Å². The van der Waals surface area contributed by atoms with Gasteiger partial charge in [0.15, 0.2) is 0 Å². The van der Waals surface area contributed by atoms with Crippen LogP contribution in [0.4, 0.5) is 0 Å². The van der Waals surface area contributed by atoms with E-state index >= 15 is 0 Å². The van der Waals surface area contributed by atoms with Crippen molar-refractivity contribution in [3.05, 3.63) is 95.6 Å². The summed E-state index contributed by atoms with van der Waals surface area (Å²) in [6.07, 6.45) is 2.80. The molecular formula is C22H21NO. The Morgan fingerprint density at radius 3 is 2.29 bits per heavy atom. The number of nitrogens with zero attached hydrogens (tertiary/aromatic N) is 1. The molecule has 0 aliphatic heterocycles. The quantitative estimate of drug-likeness (QED) is 0.437. The lowest BCUT2D eigenvalue weighted by atomic mass is 10.0. The molecule has 0 aromatic heterocycles. The second-order valence-electron chi connectivity index (χ2n) is 5.63. The first kappa shape index (κ1) is 16.0. The van der Waals surface area contributed by atoms with E-state index in [9.17, 15) is 0 Å². The number of aryl methyl sites for hydroxylation is 1. The molecule has 3 aromatic carbocycles. The maximum atomic E-state index is 5.51. The van der Waals surface area contributed by atoms with Crippen molar-refractivity contribution in [2.24, 2.45) is 5.16 Å². The van der Waals surface area contributed by atoms with Gasteiger partial charge < -0.3 is 4.84 Å². The van der Waals surface area contributed by atoms with E-state index in [4.69, 9.17) is 4.84 Å². The number of benzene rings is 3. The molecule has 3 rings (SSSR count). The fourth-order valence-electron chi connectivity index (χ4n) is 2.59. The van der Waals surface area contributed by atoms with E-state index in [1.807, 2.05) is 30.3 Å². The zero-order valence-electron chi connectivity index (χ0n) is 13.9. The molecule has 0 spiro atoms. The van der Waals surface area contributed by atoms with E-state index in [1.165, 1.54) is 16.7 Å². The molecule has 0 fully saturated rings. The Hall–Kier alpha value is -2.87. The van der Waals surface area contributed by atoms with Crippen LogP contribution in [0.5, 0.6) is 0 Å². The van der Waals surface area contributed by atoms with E-state index < -0.39 is 0 Å². The molecule has 2 heteroatoms. The summed E-state index contributed by atoms with van der Waals surface area (Å²) in [5, 5.41) is 4.10. The van der Waals surface area contributed by atoms with Crippen LogP contribution in [0.1, 0.15) is 23.6 Å². The lowest BCUT2D eigenvalue weighted by molar-refractivity contribution is 0.132. The third kappa shape index (κ3) is 4.11. The molecule has 120 valence electrons. The molecule has 0 atom stereocenters. The second-order valence-corrected chi connectivity index (χ2v) is 5.63. The maximum Gasteiger partial charge on any atom is 0.142 e. The second kappa shape index (κ2) is 8.11. The van der Waals surface area contributed by atoms with Crippen LogP contribution < -0.4 is 0 Å². The van der Waals surface area contributed by atoms with Crippen molar-refractivity contribution in [1.29, 1.82) is 0 Å². The van der Waals surface area contributed by atoms with Crippen molar-refractivity contribution in [2.45, 2.75) is 20.0 Å². The Morgan fingerprint density at radius 1 is 0.833 bits per heavy atom. The Morgan fingerprint density at radius 2 is 1.54 bits per heavy atom. The SMILES string of the molecule is CCc1ccc(C=NOCc2ccccc2-c2ccccc2)cc1. The van der Waals surface area contributed by atoms with E-state index in [0.717, 1.165) is 17.5 Å². The summed E-state index contributed by atoms with van der Waals surface area (Å²) in [5.74, 6) is 0. The minimum atomic E-state index is 0.453. The zero-order chi connectivity index (χ0) is 16.6. The highest BCUT2D eigenvalue weighted by Gasteiger charge is 2.04. The van der Waals surface area contributed by atoms with Crippen molar-refractivity contribution >= 4 is 6.21 Å². The van der Waals surface area contributed by atoms with Gasteiger partial charge in [-0.15, -0.1) is 0 Å². The lowest BCUT2D eigenvalue weighted by Crippen LogP contribution is -1.92. The zero-order valence-corrected chi connectivity index (χ0v) is 13.9. The van der Waals surface area contributed by atoms with Gasteiger partial charge in [-0.3, -0.25) is 0 Å². The largest absolute Gasteiger partial charge is 0.391 e. The highest BCUT2D eigenvalue weighted by Crippen LogP contribution is 2.23. The molecule has 0 unspecified atom stereocenters. The van der Waals surface area contributed by atoms with Crippen molar-refractivity contribution in [3.63, 3.8) is 0 Å². The minimum Gasteiger partial charge on any atom is -0.391 e. The standard InChI is InChI=1S/C22H21NO/c1-2-18-12-14-19(15-13-18)16-23-24-17-21-10-6-7-11-22(21)20-8-4-3-5-9-20/h3-16H,2,17H2,1H3. The monoisotopic (exact) mass is 315 g/mol. The van der Waals surface area contributed by atoms with Gasteiger partial charge in [0.05, 0.1) is 6.21 Å². The molecule has 0 radical (unpaired) electrons. The minimum absolute atomic E-state index is 0.453. The average Bonchev–Trinajstić information content (AvgIpc) is 2.67. The Kier molecular flexibility index (Phi) is 5.41. The van der Waals surface area contributed by atoms with Crippen molar-refractivity contribution in [2.75, 3.05) is 0 Å². The summed E-state index contributed by atoms with van der Waals surface area (Å²) in [4.78, 5) is 5.51. The van der Waals surface area contributed by atoms with Gasteiger partial charge in [0.1, 0.15) is 6.61 Å². The van der Waals surface area contributed by atoms with Crippen LogP contribution in [0.2, 0.25) is 0 Å². The fraction of sp³-hybridized carbons (Fsp3) is 0.136. The highest BCUT2D eigenvalue weighted by atomic mass is 16.6. The van der Waals surface area contributed by atoms with Crippen LogP contribution >= 0.6 is 0 Å². The van der Waals surface area contributed by atoms with Gasteiger partial charge in [0.25, 0.3) is 0 Å². The van der Waals surface area contributed by atoms with Gasteiger partial charge >= 0.3 is 0 Å². The summed E-state index contributed by atoms with van der Waals surface area (Å²) >= 11 is 0. The molecule has 0 aliphatic rings. The van der Waals surface area contributed by atoms with Gasteiger partial charge in [-0.1, -0.05) is 90.9 Å². The first-order valence-corrected chi connectivity index (χ1v) is 8.24. The van der Waals surface area contributed by atoms with Crippen LogP contribution in [0.3, 0.4) is 0 Å². The Bertz CT molecular complexity index is 792. The molecule has 2 nitrogen and oxygen atoms in total. The average molecular weight is 315 g/mol. The van der Waals surface area contributed by atoms with Crippen molar-refractivity contribution in [1.82, 2.24) is 0 Å². The molecule has 0 amide bonds. The lowest BCUT2D eigenvalue weighted by Gasteiger charge is -2.08. The molecule has 3 aromatic rings. The van der Waals surface area contributed by atoms with Crippen LogP contribution in [-0.2, 0) is 17.9 Å². The third-order valence-electron chi connectivity index (χ3n) is 3.99. The smallest absolute Gasteiger partial charge is 0.142 e. The summed E-state index contributed by atoms with van der Waals surface area (Å²) in [6, 6.07) is 26.9. The van der Waals surface area contributed by atoms with Crippen LogP contribution in [-0.4, -0.2) is 6.21 Å². The van der Waals surface area contributed by atoms with E-state index in [-0.39, 0.29) is 0 Å². The predicted molar refractivity (Wildman–Crippen MR) is 100 cm³/mol. The van der Waals surface area contributed by atoms with Crippen molar-refractivity contribution < 1.29 is 4.84 Å². The fourth-order valence-corrected chi connectivity index (χ4v) is 2.59. The first-order chi connectivity index (χ1) is 11.9. The molecule has 0 bridgehead atoms. The molecule has 0 saturated heterocycles. The number of rotatable bonds is 6. The summed E-state index contributed by atoms with van der Waals surface area (Å²) in [7, 11) is 0. The van der Waals surface area contributed by atoms with Gasteiger partial charge in [0.2, 0.25) is 0 Å². The highest BCUT2D eigenvalue weighted by molar-refractivity contribution is 5.79. The Labute approximate surface area is 143 Å². The van der Waals surface area contributed by atoms with Crippen molar-refractivity contribution in [3.8, 4) is 11.1 Å².